The molecule has 0 spiro atoms. The first-order chi connectivity index (χ1) is 8.20. The highest BCUT2D eigenvalue weighted by molar-refractivity contribution is 5.88. The van der Waals surface area contributed by atoms with Gasteiger partial charge in [0.2, 0.25) is 11.8 Å². The second kappa shape index (κ2) is 6.86. The Morgan fingerprint density at radius 3 is 3.00 bits per heavy atom. The van der Waals surface area contributed by atoms with Crippen LogP contribution in [0, 0.1) is 11.3 Å². The van der Waals surface area contributed by atoms with Gasteiger partial charge >= 0.3 is 0 Å². The molecule has 2 amide bonds. The van der Waals surface area contributed by atoms with E-state index in [-0.39, 0.29) is 24.8 Å². The second-order valence-electron chi connectivity index (χ2n) is 3.80. The van der Waals surface area contributed by atoms with E-state index in [1.54, 1.807) is 6.07 Å². The monoisotopic (exact) mass is 239 g/mol. The largest absolute Gasteiger partial charge is 0.377 e. The maximum absolute atomic E-state index is 11.8. The van der Waals surface area contributed by atoms with Crippen molar-refractivity contribution in [2.24, 2.45) is 0 Å². The fourth-order valence-electron chi connectivity index (χ4n) is 1.65. The summed E-state index contributed by atoms with van der Waals surface area (Å²) in [5.41, 5.74) is 0. The third-order valence-electron chi connectivity index (χ3n) is 2.53. The molecule has 0 aromatic heterocycles. The summed E-state index contributed by atoms with van der Waals surface area (Å²) in [6.45, 7) is 3.51. The van der Waals surface area contributed by atoms with E-state index in [2.05, 4.69) is 5.32 Å². The highest BCUT2D eigenvalue weighted by atomic mass is 16.5. The average molecular weight is 239 g/mol. The molecule has 0 aromatic carbocycles. The van der Waals surface area contributed by atoms with Crippen molar-refractivity contribution < 1.29 is 14.3 Å². The van der Waals surface area contributed by atoms with Crippen molar-refractivity contribution in [3.63, 3.8) is 0 Å². The quantitative estimate of drug-likeness (QED) is 0.727. The Balaban J connectivity index is 2.62. The van der Waals surface area contributed by atoms with Crippen molar-refractivity contribution in [2.45, 2.75) is 25.8 Å². The second-order valence-corrected chi connectivity index (χ2v) is 3.80. The number of nitrogens with zero attached hydrogens (tertiary/aromatic N) is 2. The zero-order valence-electron chi connectivity index (χ0n) is 9.94. The standard InChI is InChI=1S/C11H17N3O3/c1-2-5-13-11(16)9-8-17-7-6-14(9)10(15)3-4-12/h9H,2-3,5-8H2,1H3,(H,13,16). The minimum Gasteiger partial charge on any atom is -0.377 e. The molecule has 1 heterocycles. The van der Waals surface area contributed by atoms with E-state index in [1.165, 1.54) is 4.90 Å². The van der Waals surface area contributed by atoms with Crippen LogP contribution in [-0.4, -0.2) is 49.1 Å². The first-order valence-corrected chi connectivity index (χ1v) is 5.72. The average Bonchev–Trinajstić information content (AvgIpc) is 2.36. The van der Waals surface area contributed by atoms with E-state index in [4.69, 9.17) is 10.00 Å². The number of ether oxygens (including phenoxy) is 1. The van der Waals surface area contributed by atoms with Crippen LogP contribution in [-0.2, 0) is 14.3 Å². The highest BCUT2D eigenvalue weighted by Gasteiger charge is 2.32. The summed E-state index contributed by atoms with van der Waals surface area (Å²) in [4.78, 5) is 24.9. The Kier molecular flexibility index (Phi) is 5.43. The van der Waals surface area contributed by atoms with Crippen molar-refractivity contribution in [1.29, 1.82) is 5.26 Å². The van der Waals surface area contributed by atoms with Gasteiger partial charge in [-0.1, -0.05) is 6.92 Å². The molecule has 1 saturated heterocycles. The molecule has 0 aliphatic carbocycles. The smallest absolute Gasteiger partial charge is 0.245 e. The van der Waals surface area contributed by atoms with Crippen molar-refractivity contribution in [1.82, 2.24) is 10.2 Å². The molecule has 1 fully saturated rings. The van der Waals surface area contributed by atoms with Crippen molar-refractivity contribution >= 4 is 11.8 Å². The van der Waals surface area contributed by atoms with Gasteiger partial charge in [-0.15, -0.1) is 0 Å². The van der Waals surface area contributed by atoms with Crippen LogP contribution in [0.4, 0.5) is 0 Å². The van der Waals surface area contributed by atoms with E-state index in [1.807, 2.05) is 6.92 Å². The summed E-state index contributed by atoms with van der Waals surface area (Å²) in [5, 5.41) is 11.2. The third kappa shape index (κ3) is 3.71. The molecule has 0 radical (unpaired) electrons. The van der Waals surface area contributed by atoms with E-state index in [9.17, 15) is 9.59 Å². The number of carbonyl (C=O) groups excluding carboxylic acids is 2. The molecule has 1 atom stereocenters. The maximum Gasteiger partial charge on any atom is 0.245 e. The van der Waals surface area contributed by atoms with Crippen LogP contribution in [0.5, 0.6) is 0 Å². The van der Waals surface area contributed by atoms with E-state index in [0.29, 0.717) is 19.7 Å². The number of nitriles is 1. The Morgan fingerprint density at radius 1 is 1.59 bits per heavy atom. The molecule has 1 N–H and O–H groups in total. The molecule has 0 bridgehead atoms. The number of amides is 2. The Labute approximate surface area is 101 Å². The fourth-order valence-corrected chi connectivity index (χ4v) is 1.65. The summed E-state index contributed by atoms with van der Waals surface area (Å²) in [5.74, 6) is -0.523. The molecule has 1 aliphatic rings. The Bertz CT molecular complexity index is 324. The van der Waals surface area contributed by atoms with Gasteiger partial charge in [-0.05, 0) is 6.42 Å². The molecule has 1 unspecified atom stereocenters. The van der Waals surface area contributed by atoms with E-state index >= 15 is 0 Å². The van der Waals surface area contributed by atoms with Crippen molar-refractivity contribution in [3.05, 3.63) is 0 Å². The zero-order chi connectivity index (χ0) is 12.7. The molecule has 1 rings (SSSR count). The Hall–Kier alpha value is -1.61. The number of hydrogen-bond donors (Lipinski definition) is 1. The molecule has 1 aliphatic heterocycles. The lowest BCUT2D eigenvalue weighted by atomic mass is 10.2. The van der Waals surface area contributed by atoms with Gasteiger partial charge in [0.15, 0.2) is 0 Å². The van der Waals surface area contributed by atoms with Crippen LogP contribution in [0.1, 0.15) is 19.8 Å². The molecule has 17 heavy (non-hydrogen) atoms. The zero-order valence-corrected chi connectivity index (χ0v) is 9.94. The Morgan fingerprint density at radius 2 is 2.35 bits per heavy atom. The third-order valence-corrected chi connectivity index (χ3v) is 2.53. The lowest BCUT2D eigenvalue weighted by Crippen LogP contribution is -2.55. The minimum absolute atomic E-state index is 0.197. The van der Waals surface area contributed by atoms with Crippen LogP contribution >= 0.6 is 0 Å². The molecule has 6 nitrogen and oxygen atoms in total. The normalized spacial score (nSPS) is 19.5. The summed E-state index contributed by atoms with van der Waals surface area (Å²) < 4.78 is 5.20. The molecule has 0 aromatic rings. The molecule has 0 saturated carbocycles. The van der Waals surface area contributed by atoms with Gasteiger partial charge in [0.25, 0.3) is 0 Å². The lowest BCUT2D eigenvalue weighted by Gasteiger charge is -2.34. The predicted molar refractivity (Wildman–Crippen MR) is 59.9 cm³/mol. The first kappa shape index (κ1) is 13.5. The molecule has 94 valence electrons. The molecular weight excluding hydrogens is 222 g/mol. The van der Waals surface area contributed by atoms with Gasteiger partial charge in [-0.3, -0.25) is 9.59 Å². The topological polar surface area (TPSA) is 82.4 Å². The number of morpholine rings is 1. The molecular formula is C11H17N3O3. The number of nitrogens with one attached hydrogen (secondary N) is 1. The van der Waals surface area contributed by atoms with E-state index < -0.39 is 6.04 Å². The van der Waals surface area contributed by atoms with Crippen LogP contribution < -0.4 is 5.32 Å². The van der Waals surface area contributed by atoms with Gasteiger partial charge in [0.05, 0.1) is 19.3 Å². The van der Waals surface area contributed by atoms with Gasteiger partial charge in [-0.2, -0.15) is 5.26 Å². The summed E-state index contributed by atoms with van der Waals surface area (Å²) in [7, 11) is 0. The van der Waals surface area contributed by atoms with Crippen LogP contribution in [0.2, 0.25) is 0 Å². The number of rotatable bonds is 4. The van der Waals surface area contributed by atoms with Gasteiger partial charge in [0.1, 0.15) is 12.5 Å². The summed E-state index contributed by atoms with van der Waals surface area (Å²) in [6, 6.07) is 1.20. The fraction of sp³-hybridized carbons (Fsp3) is 0.727. The molecule has 6 heteroatoms. The highest BCUT2D eigenvalue weighted by Crippen LogP contribution is 2.09. The van der Waals surface area contributed by atoms with Crippen LogP contribution in [0.3, 0.4) is 0 Å². The first-order valence-electron chi connectivity index (χ1n) is 5.72. The van der Waals surface area contributed by atoms with Gasteiger partial charge in [-0.25, -0.2) is 0 Å². The lowest BCUT2D eigenvalue weighted by molar-refractivity contribution is -0.147. The summed E-state index contributed by atoms with van der Waals surface area (Å²) in [6.07, 6.45) is 0.642. The predicted octanol–water partition coefficient (Wildman–Crippen LogP) is -0.346. The number of carbonyl (C=O) groups is 2. The minimum atomic E-state index is -0.601. The maximum atomic E-state index is 11.8. The summed E-state index contributed by atoms with van der Waals surface area (Å²) >= 11 is 0. The van der Waals surface area contributed by atoms with Crippen molar-refractivity contribution in [2.75, 3.05) is 26.3 Å². The van der Waals surface area contributed by atoms with Gasteiger partial charge < -0.3 is 15.0 Å². The van der Waals surface area contributed by atoms with E-state index in [0.717, 1.165) is 6.42 Å². The SMILES string of the molecule is CCCNC(=O)C1COCCN1C(=O)CC#N. The van der Waals surface area contributed by atoms with Crippen LogP contribution in [0.25, 0.3) is 0 Å². The van der Waals surface area contributed by atoms with Gasteiger partial charge in [0, 0.05) is 13.1 Å². The van der Waals surface area contributed by atoms with Crippen molar-refractivity contribution in [3.8, 4) is 6.07 Å². The number of hydrogen-bond acceptors (Lipinski definition) is 4. The van der Waals surface area contributed by atoms with Crippen LogP contribution in [0.15, 0.2) is 0 Å².